The lowest BCUT2D eigenvalue weighted by atomic mass is 10.1. The van der Waals surface area contributed by atoms with Crippen molar-refractivity contribution in [3.05, 3.63) is 29.8 Å². The third kappa shape index (κ3) is 4.63. The zero-order valence-corrected chi connectivity index (χ0v) is 11.7. The van der Waals surface area contributed by atoms with Gasteiger partial charge in [0.15, 0.2) is 0 Å². The number of unbranched alkanes of at least 4 members (excludes halogenated alkanes) is 3. The van der Waals surface area contributed by atoms with Gasteiger partial charge in [0.25, 0.3) is 0 Å². The monoisotopic (exact) mass is 266 g/mol. The number of hydrogen-bond donors (Lipinski definition) is 2. The molecule has 0 amide bonds. The van der Waals surface area contributed by atoms with E-state index in [4.69, 9.17) is 23.1 Å². The molecule has 0 aromatic heterocycles. The number of nitrogens with two attached hydrogens (primary N) is 1. The lowest BCUT2D eigenvalue weighted by Crippen LogP contribution is -2.22. The average Bonchev–Trinajstić information content (AvgIpc) is 2.38. The Balaban J connectivity index is 2.51. The Kier molecular flexibility index (Phi) is 6.68. The normalized spacial score (nSPS) is 10.3. The van der Waals surface area contributed by atoms with Crippen molar-refractivity contribution in [3.63, 3.8) is 0 Å². The van der Waals surface area contributed by atoms with E-state index in [1.807, 2.05) is 24.3 Å². The minimum atomic E-state index is 0.292. The molecule has 18 heavy (non-hydrogen) atoms. The van der Waals surface area contributed by atoms with Gasteiger partial charge in [-0.1, -0.05) is 37.2 Å². The predicted octanol–water partition coefficient (Wildman–Crippen LogP) is 2.31. The van der Waals surface area contributed by atoms with Crippen molar-refractivity contribution in [2.24, 2.45) is 5.73 Å². The third-order valence-corrected chi connectivity index (χ3v) is 3.20. The summed E-state index contributed by atoms with van der Waals surface area (Å²) in [4.78, 5) is 2.63. The Bertz CT molecular complexity index is 382. The highest BCUT2D eigenvalue weighted by atomic mass is 32.1. The summed E-state index contributed by atoms with van der Waals surface area (Å²) in [7, 11) is 2.06. The van der Waals surface area contributed by atoms with Crippen molar-refractivity contribution >= 4 is 22.9 Å². The van der Waals surface area contributed by atoms with E-state index in [1.165, 1.54) is 0 Å². The fourth-order valence-electron chi connectivity index (χ4n) is 1.95. The quantitative estimate of drug-likeness (QED) is 0.560. The van der Waals surface area contributed by atoms with Crippen molar-refractivity contribution in [3.8, 4) is 0 Å². The largest absolute Gasteiger partial charge is 0.396 e. The highest BCUT2D eigenvalue weighted by Crippen LogP contribution is 2.19. The van der Waals surface area contributed by atoms with Crippen LogP contribution in [0.5, 0.6) is 0 Å². The van der Waals surface area contributed by atoms with E-state index >= 15 is 0 Å². The van der Waals surface area contributed by atoms with Crippen LogP contribution in [-0.2, 0) is 0 Å². The summed E-state index contributed by atoms with van der Waals surface area (Å²) in [5, 5.41) is 8.71. The first-order valence-electron chi connectivity index (χ1n) is 6.37. The number of rotatable bonds is 8. The molecule has 0 aliphatic heterocycles. The van der Waals surface area contributed by atoms with Crippen LogP contribution in [0.2, 0.25) is 0 Å². The maximum absolute atomic E-state index is 8.71. The predicted molar refractivity (Wildman–Crippen MR) is 81.2 cm³/mol. The average molecular weight is 266 g/mol. The molecule has 0 radical (unpaired) electrons. The first-order valence-corrected chi connectivity index (χ1v) is 6.78. The Hall–Kier alpha value is -1.13. The van der Waals surface area contributed by atoms with E-state index in [-0.39, 0.29) is 0 Å². The van der Waals surface area contributed by atoms with E-state index in [0.29, 0.717) is 11.6 Å². The summed E-state index contributed by atoms with van der Waals surface area (Å²) in [6, 6.07) is 7.95. The van der Waals surface area contributed by atoms with E-state index in [0.717, 1.165) is 43.5 Å². The van der Waals surface area contributed by atoms with Gasteiger partial charge in [-0.3, -0.25) is 0 Å². The van der Waals surface area contributed by atoms with E-state index in [9.17, 15) is 0 Å². The molecule has 3 N–H and O–H groups in total. The Morgan fingerprint density at radius 2 is 1.89 bits per heavy atom. The van der Waals surface area contributed by atoms with Crippen molar-refractivity contribution < 1.29 is 5.11 Å². The zero-order valence-electron chi connectivity index (χ0n) is 10.9. The molecule has 4 heteroatoms. The molecule has 3 nitrogen and oxygen atoms in total. The zero-order chi connectivity index (χ0) is 13.4. The van der Waals surface area contributed by atoms with Crippen LogP contribution in [0.3, 0.4) is 0 Å². The van der Waals surface area contributed by atoms with Crippen LogP contribution in [0.25, 0.3) is 0 Å². The van der Waals surface area contributed by atoms with Crippen LogP contribution >= 0.6 is 12.2 Å². The molecule has 0 atom stereocenters. The number of nitrogens with zero attached hydrogens (tertiary/aromatic N) is 1. The fourth-order valence-corrected chi connectivity index (χ4v) is 2.12. The number of aliphatic hydroxyl groups is 1. The molecule has 0 aliphatic rings. The van der Waals surface area contributed by atoms with E-state index in [2.05, 4.69) is 11.9 Å². The second-order valence-corrected chi connectivity index (χ2v) is 4.88. The molecule has 1 aromatic rings. The van der Waals surface area contributed by atoms with Gasteiger partial charge in [-0.2, -0.15) is 0 Å². The van der Waals surface area contributed by atoms with Gasteiger partial charge < -0.3 is 15.7 Å². The highest BCUT2D eigenvalue weighted by molar-refractivity contribution is 7.80. The molecular formula is C14H22N2OS. The standard InChI is InChI=1S/C14H22N2OS/c1-16(10-6-2-3-7-11-17)13-9-5-4-8-12(13)14(15)18/h4-5,8-9,17H,2-3,6-7,10-11H2,1H3,(H2,15,18). The van der Waals surface area contributed by atoms with E-state index in [1.54, 1.807) is 0 Å². The van der Waals surface area contributed by atoms with Gasteiger partial charge in [-0.15, -0.1) is 0 Å². The summed E-state index contributed by atoms with van der Waals surface area (Å²) in [5.41, 5.74) is 7.75. The summed E-state index contributed by atoms with van der Waals surface area (Å²) in [5.74, 6) is 0. The maximum Gasteiger partial charge on any atom is 0.106 e. The maximum atomic E-state index is 8.71. The van der Waals surface area contributed by atoms with Crippen LogP contribution in [-0.4, -0.2) is 30.3 Å². The van der Waals surface area contributed by atoms with Crippen LogP contribution in [0.1, 0.15) is 31.2 Å². The Labute approximate surface area is 115 Å². The minimum absolute atomic E-state index is 0.292. The minimum Gasteiger partial charge on any atom is -0.396 e. The first-order chi connectivity index (χ1) is 8.66. The number of aliphatic hydroxyl groups excluding tert-OH is 1. The van der Waals surface area contributed by atoms with Gasteiger partial charge in [0, 0.05) is 31.5 Å². The highest BCUT2D eigenvalue weighted by Gasteiger charge is 2.08. The molecule has 0 saturated heterocycles. The molecule has 0 unspecified atom stereocenters. The fraction of sp³-hybridized carbons (Fsp3) is 0.500. The molecule has 0 spiro atoms. The molecule has 0 fully saturated rings. The van der Waals surface area contributed by atoms with Crippen molar-refractivity contribution in [2.45, 2.75) is 25.7 Å². The van der Waals surface area contributed by atoms with Gasteiger partial charge in [0.05, 0.1) is 0 Å². The lowest BCUT2D eigenvalue weighted by molar-refractivity contribution is 0.282. The molecule has 1 rings (SSSR count). The number of benzene rings is 1. The van der Waals surface area contributed by atoms with E-state index < -0.39 is 0 Å². The van der Waals surface area contributed by atoms with Gasteiger partial charge in [-0.05, 0) is 25.0 Å². The summed E-state index contributed by atoms with van der Waals surface area (Å²) < 4.78 is 0. The summed E-state index contributed by atoms with van der Waals surface area (Å²) >= 11 is 5.06. The summed E-state index contributed by atoms with van der Waals surface area (Å²) in [6.07, 6.45) is 4.23. The smallest absolute Gasteiger partial charge is 0.106 e. The second-order valence-electron chi connectivity index (χ2n) is 4.44. The molecule has 100 valence electrons. The number of para-hydroxylation sites is 1. The number of hydrogen-bond acceptors (Lipinski definition) is 3. The Morgan fingerprint density at radius 3 is 2.56 bits per heavy atom. The van der Waals surface area contributed by atoms with Crippen molar-refractivity contribution in [1.29, 1.82) is 0 Å². The SMILES string of the molecule is CN(CCCCCCO)c1ccccc1C(N)=S. The van der Waals surface area contributed by atoms with Crippen LogP contribution in [0.4, 0.5) is 5.69 Å². The third-order valence-electron chi connectivity index (χ3n) is 2.98. The molecular weight excluding hydrogens is 244 g/mol. The molecule has 0 saturated carbocycles. The summed E-state index contributed by atoms with van der Waals surface area (Å²) in [6.45, 7) is 1.27. The number of anilines is 1. The second kappa shape index (κ2) is 8.06. The van der Waals surface area contributed by atoms with Crippen LogP contribution in [0, 0.1) is 0 Å². The molecule has 0 aliphatic carbocycles. The van der Waals surface area contributed by atoms with Gasteiger partial charge in [0.2, 0.25) is 0 Å². The lowest BCUT2D eigenvalue weighted by Gasteiger charge is -2.22. The van der Waals surface area contributed by atoms with Crippen LogP contribution in [0.15, 0.2) is 24.3 Å². The van der Waals surface area contributed by atoms with Crippen LogP contribution < -0.4 is 10.6 Å². The Morgan fingerprint density at radius 1 is 1.22 bits per heavy atom. The van der Waals surface area contributed by atoms with Gasteiger partial charge in [-0.25, -0.2) is 0 Å². The molecule has 0 bridgehead atoms. The van der Waals surface area contributed by atoms with Crippen molar-refractivity contribution in [2.75, 3.05) is 25.1 Å². The van der Waals surface area contributed by atoms with Gasteiger partial charge >= 0.3 is 0 Å². The van der Waals surface area contributed by atoms with Crippen molar-refractivity contribution in [1.82, 2.24) is 0 Å². The molecule has 1 aromatic carbocycles. The first kappa shape index (κ1) is 14.9. The number of thiocarbonyl (C=S) groups is 1. The van der Waals surface area contributed by atoms with Gasteiger partial charge in [0.1, 0.15) is 4.99 Å². The topological polar surface area (TPSA) is 49.5 Å². The molecule has 0 heterocycles.